The highest BCUT2D eigenvalue weighted by Crippen LogP contribution is 2.58. The number of thioether (sulfide) groups is 1. The number of phenolic OH excluding ortho intramolecular Hbond substituents is 1. The van der Waals surface area contributed by atoms with Crippen LogP contribution in [0.15, 0.2) is 54.6 Å². The minimum absolute atomic E-state index is 0.0230. The number of esters is 1. The summed E-state index contributed by atoms with van der Waals surface area (Å²) in [5.74, 6) is -0.843. The highest BCUT2D eigenvalue weighted by Gasteiger charge is 2.62. The Bertz CT molecular complexity index is 1490. The predicted molar refractivity (Wildman–Crippen MR) is 190 cm³/mol. The molecule has 2 aromatic rings. The van der Waals surface area contributed by atoms with E-state index in [1.54, 1.807) is 12.1 Å². The molecule has 4 aliphatic rings. The number of carbonyl (C=O) groups excluding carboxylic acids is 5. The van der Waals surface area contributed by atoms with Gasteiger partial charge in [-0.15, -0.1) is 0 Å². The molecule has 13 heteroatoms. The van der Waals surface area contributed by atoms with Crippen LogP contribution in [0, 0.1) is 23.7 Å². The van der Waals surface area contributed by atoms with Gasteiger partial charge in [0.25, 0.3) is 0 Å². The van der Waals surface area contributed by atoms with Crippen LogP contribution in [-0.2, 0) is 41.6 Å². The number of ether oxygens (including phenoxy) is 1. The molecule has 4 aliphatic carbocycles. The minimum Gasteiger partial charge on any atom is -0.508 e. The fourth-order valence-corrected chi connectivity index (χ4v) is 8.80. The molecular weight excluding hydrogens is 659 g/mol. The summed E-state index contributed by atoms with van der Waals surface area (Å²) in [7, 11) is 1.35. The van der Waals surface area contributed by atoms with Crippen LogP contribution in [0.1, 0.15) is 49.7 Å². The molecule has 3 atom stereocenters. The Morgan fingerprint density at radius 1 is 0.840 bits per heavy atom. The Balaban J connectivity index is 1.23. The van der Waals surface area contributed by atoms with E-state index in [4.69, 9.17) is 10.5 Å². The van der Waals surface area contributed by atoms with Crippen LogP contribution in [0.3, 0.4) is 0 Å². The molecule has 0 radical (unpaired) electrons. The molecule has 4 bridgehead atoms. The zero-order chi connectivity index (χ0) is 35.8. The first kappa shape index (κ1) is 37.2. The minimum atomic E-state index is -1.14. The van der Waals surface area contributed by atoms with Crippen LogP contribution in [0.5, 0.6) is 5.75 Å². The molecular formula is C37H49N5O7S. The molecule has 0 aromatic heterocycles. The van der Waals surface area contributed by atoms with Gasteiger partial charge in [-0.2, -0.15) is 11.8 Å². The van der Waals surface area contributed by atoms with Gasteiger partial charge in [0.1, 0.15) is 23.4 Å². The van der Waals surface area contributed by atoms with Crippen molar-refractivity contribution < 1.29 is 33.8 Å². The molecule has 270 valence electrons. The molecule has 0 aliphatic heterocycles. The van der Waals surface area contributed by atoms with Crippen LogP contribution >= 0.6 is 11.8 Å². The lowest BCUT2D eigenvalue weighted by molar-refractivity contribution is -0.171. The Morgan fingerprint density at radius 3 is 2.06 bits per heavy atom. The fraction of sp³-hybridized carbons (Fsp3) is 0.541. The summed E-state index contributed by atoms with van der Waals surface area (Å²) in [6.07, 6.45) is 7.19. The number of nitrogens with one attached hydrogen (secondary N) is 4. The van der Waals surface area contributed by atoms with Crippen molar-refractivity contribution in [1.82, 2.24) is 21.3 Å². The van der Waals surface area contributed by atoms with Gasteiger partial charge in [-0.3, -0.25) is 19.2 Å². The number of benzene rings is 2. The first-order valence-corrected chi connectivity index (χ1v) is 18.8. The molecule has 4 saturated carbocycles. The van der Waals surface area contributed by atoms with Crippen molar-refractivity contribution in [1.29, 1.82) is 0 Å². The van der Waals surface area contributed by atoms with E-state index in [0.29, 0.717) is 24.0 Å². The highest BCUT2D eigenvalue weighted by molar-refractivity contribution is 7.98. The number of aromatic hydroxyl groups is 1. The molecule has 50 heavy (non-hydrogen) atoms. The monoisotopic (exact) mass is 707 g/mol. The van der Waals surface area contributed by atoms with Gasteiger partial charge in [-0.05, 0) is 104 Å². The molecule has 0 heterocycles. The van der Waals surface area contributed by atoms with Gasteiger partial charge in [-0.25, -0.2) is 4.79 Å². The van der Waals surface area contributed by atoms with E-state index in [0.717, 1.165) is 36.8 Å². The number of phenols is 1. The maximum atomic E-state index is 14.1. The summed E-state index contributed by atoms with van der Waals surface area (Å²) in [6, 6.07) is 12.7. The third-order valence-corrected chi connectivity index (χ3v) is 11.3. The Hall–Kier alpha value is -4.10. The van der Waals surface area contributed by atoms with Crippen LogP contribution in [0.2, 0.25) is 0 Å². The van der Waals surface area contributed by atoms with Gasteiger partial charge in [0.05, 0.1) is 19.7 Å². The molecule has 12 nitrogen and oxygen atoms in total. The van der Waals surface area contributed by atoms with Crippen molar-refractivity contribution in [2.24, 2.45) is 29.4 Å². The molecule has 0 unspecified atom stereocenters. The van der Waals surface area contributed by atoms with Crippen LogP contribution in [0.25, 0.3) is 0 Å². The van der Waals surface area contributed by atoms with Crippen LogP contribution in [0.4, 0.5) is 0 Å². The predicted octanol–water partition coefficient (Wildman–Crippen LogP) is 1.83. The maximum absolute atomic E-state index is 14.1. The summed E-state index contributed by atoms with van der Waals surface area (Å²) >= 11 is 1.51. The number of rotatable bonds is 16. The summed E-state index contributed by atoms with van der Waals surface area (Å²) in [5.41, 5.74) is 6.56. The standard InChI is InChI=1S/C37H49N5O7S/c1-49-36(48)37(26-15-24-14-25(17-26)18-27(37)16-24)42-35(47)31(20-22-6-4-3-5-7-22)40-32(44)21-39-34(46)30(12-13-50-2)41-33(45)29(38)19-23-8-10-28(43)11-9-23/h3-11,24-27,29-31,43H,12-21,38H2,1-2H3,(H,39,46)(H,40,44)(H,41,45)(H,42,47)/t24?,25?,26?,27?,29-,30+,31-,37?/m0/s1. The van der Waals surface area contributed by atoms with Crippen molar-refractivity contribution in [3.05, 3.63) is 65.7 Å². The van der Waals surface area contributed by atoms with Gasteiger partial charge >= 0.3 is 5.97 Å². The van der Waals surface area contributed by atoms with Crippen molar-refractivity contribution in [2.45, 2.75) is 75.0 Å². The summed E-state index contributed by atoms with van der Waals surface area (Å²) < 4.78 is 5.31. The van der Waals surface area contributed by atoms with Crippen molar-refractivity contribution in [3.8, 4) is 5.75 Å². The first-order valence-electron chi connectivity index (χ1n) is 17.4. The average Bonchev–Trinajstić information content (AvgIpc) is 3.10. The lowest BCUT2D eigenvalue weighted by atomic mass is 9.48. The highest BCUT2D eigenvalue weighted by atomic mass is 32.2. The van der Waals surface area contributed by atoms with E-state index in [-0.39, 0.29) is 30.4 Å². The lowest BCUT2D eigenvalue weighted by Crippen LogP contribution is -2.72. The largest absolute Gasteiger partial charge is 0.508 e. The molecule has 4 amide bonds. The van der Waals surface area contributed by atoms with E-state index in [1.807, 2.05) is 36.6 Å². The SMILES string of the molecule is COC(=O)C1(NC(=O)[C@H](Cc2ccccc2)NC(=O)CNC(=O)[C@@H](CCSC)NC(=O)[C@@H](N)Cc2ccc(O)cc2)C2CC3CC(C2)CC1C3. The first-order chi connectivity index (χ1) is 24.0. The number of methoxy groups -OCH3 is 1. The van der Waals surface area contributed by atoms with Crippen LogP contribution in [-0.4, -0.2) is 84.0 Å². The van der Waals surface area contributed by atoms with Gasteiger partial charge in [-0.1, -0.05) is 42.5 Å². The molecule has 6 rings (SSSR count). The number of amides is 4. The van der Waals surface area contributed by atoms with E-state index >= 15 is 0 Å². The molecule has 2 aromatic carbocycles. The zero-order valence-electron chi connectivity index (χ0n) is 28.7. The Morgan fingerprint density at radius 2 is 1.46 bits per heavy atom. The topological polar surface area (TPSA) is 189 Å². The maximum Gasteiger partial charge on any atom is 0.332 e. The number of nitrogens with two attached hydrogens (primary N) is 1. The smallest absolute Gasteiger partial charge is 0.332 e. The number of hydrogen-bond acceptors (Lipinski definition) is 9. The zero-order valence-corrected chi connectivity index (χ0v) is 29.5. The van der Waals surface area contributed by atoms with E-state index in [9.17, 15) is 29.1 Å². The third kappa shape index (κ3) is 8.79. The van der Waals surface area contributed by atoms with Gasteiger partial charge in [0.15, 0.2) is 0 Å². The van der Waals surface area contributed by atoms with Gasteiger partial charge in [0.2, 0.25) is 23.6 Å². The number of carbonyl (C=O) groups is 5. The van der Waals surface area contributed by atoms with E-state index in [2.05, 4.69) is 21.3 Å². The summed E-state index contributed by atoms with van der Waals surface area (Å²) in [4.78, 5) is 67.1. The summed E-state index contributed by atoms with van der Waals surface area (Å²) in [6.45, 7) is -0.431. The Labute approximate surface area is 297 Å². The molecule has 7 N–H and O–H groups in total. The summed E-state index contributed by atoms with van der Waals surface area (Å²) in [5, 5.41) is 20.8. The van der Waals surface area contributed by atoms with Crippen molar-refractivity contribution in [2.75, 3.05) is 25.7 Å². The second-order valence-electron chi connectivity index (χ2n) is 14.0. The fourth-order valence-electron chi connectivity index (χ4n) is 8.33. The lowest BCUT2D eigenvalue weighted by Gasteiger charge is -2.59. The quantitative estimate of drug-likeness (QED) is 0.142. The van der Waals surface area contributed by atoms with E-state index < -0.39 is 59.8 Å². The van der Waals surface area contributed by atoms with Gasteiger partial charge < -0.3 is 36.8 Å². The molecule has 0 spiro atoms. The average molecular weight is 708 g/mol. The van der Waals surface area contributed by atoms with Crippen molar-refractivity contribution >= 4 is 41.4 Å². The molecule has 4 fully saturated rings. The Kier molecular flexibility index (Phi) is 12.4. The molecule has 0 saturated heterocycles. The van der Waals surface area contributed by atoms with Crippen molar-refractivity contribution in [3.63, 3.8) is 0 Å². The third-order valence-electron chi connectivity index (χ3n) is 10.6. The second kappa shape index (κ2) is 16.7. The van der Waals surface area contributed by atoms with Gasteiger partial charge in [0, 0.05) is 6.42 Å². The normalized spacial score (nSPS) is 25.1. The second-order valence-corrected chi connectivity index (χ2v) is 15.0. The van der Waals surface area contributed by atoms with Crippen LogP contribution < -0.4 is 27.0 Å². The number of hydrogen-bond donors (Lipinski definition) is 6. The van der Waals surface area contributed by atoms with E-state index in [1.165, 1.54) is 37.4 Å².